The van der Waals surface area contributed by atoms with Gasteiger partial charge >= 0.3 is 0 Å². The van der Waals surface area contributed by atoms with E-state index in [1.165, 1.54) is 12.1 Å². The number of amides is 1. The molecule has 5 rings (SSSR count). The van der Waals surface area contributed by atoms with Crippen LogP contribution in [-0.4, -0.2) is 26.0 Å². The molecule has 1 aromatic carbocycles. The number of rotatable bonds is 5. The predicted octanol–water partition coefficient (Wildman–Crippen LogP) is 4.61. The molecule has 0 bridgehead atoms. The Labute approximate surface area is 185 Å². The first-order chi connectivity index (χ1) is 15.4. The van der Waals surface area contributed by atoms with Gasteiger partial charge in [0.25, 0.3) is 5.91 Å². The van der Waals surface area contributed by atoms with E-state index in [0.29, 0.717) is 22.6 Å². The Kier molecular flexibility index (Phi) is 4.89. The molecule has 2 aliphatic heterocycles. The van der Waals surface area contributed by atoms with Crippen molar-refractivity contribution in [3.63, 3.8) is 0 Å². The van der Waals surface area contributed by atoms with Gasteiger partial charge in [-0.25, -0.2) is 9.37 Å². The molecule has 32 heavy (non-hydrogen) atoms. The molecule has 0 unspecified atom stereocenters. The lowest BCUT2D eigenvalue weighted by molar-refractivity contribution is -0.111. The average molecular weight is 430 g/mol. The summed E-state index contributed by atoms with van der Waals surface area (Å²) in [6.45, 7) is 4.83. The van der Waals surface area contributed by atoms with Crippen molar-refractivity contribution in [2.45, 2.75) is 38.8 Å². The van der Waals surface area contributed by atoms with Crippen molar-refractivity contribution in [3.05, 3.63) is 89.7 Å². The number of ether oxygens (including phenoxy) is 1. The molecular formula is C25H23FN4O2. The first-order valence-corrected chi connectivity index (χ1v) is 10.6. The fourth-order valence-corrected chi connectivity index (χ4v) is 4.20. The van der Waals surface area contributed by atoms with Gasteiger partial charge in [-0.2, -0.15) is 0 Å². The first-order valence-electron chi connectivity index (χ1n) is 10.6. The highest BCUT2D eigenvalue weighted by Gasteiger charge is 2.38. The minimum Gasteiger partial charge on any atom is -0.482 e. The molecule has 0 radical (unpaired) electrons. The molecule has 0 fully saturated rings. The van der Waals surface area contributed by atoms with Gasteiger partial charge in [-0.3, -0.25) is 9.78 Å². The Hall–Kier alpha value is -3.74. The maximum absolute atomic E-state index is 13.6. The molecule has 7 heteroatoms. The summed E-state index contributed by atoms with van der Waals surface area (Å²) in [7, 11) is 0. The van der Waals surface area contributed by atoms with Crippen LogP contribution in [0, 0.1) is 5.82 Å². The van der Waals surface area contributed by atoms with E-state index in [-0.39, 0.29) is 5.91 Å². The normalized spacial score (nSPS) is 18.8. The van der Waals surface area contributed by atoms with Crippen LogP contribution in [0.3, 0.4) is 0 Å². The van der Waals surface area contributed by atoms with Gasteiger partial charge in [0.2, 0.25) is 0 Å². The van der Waals surface area contributed by atoms with E-state index in [1.807, 2.05) is 50.8 Å². The number of hydrogen-bond acceptors (Lipinski definition) is 4. The van der Waals surface area contributed by atoms with Gasteiger partial charge in [-0.1, -0.05) is 6.07 Å². The molecule has 1 amide bonds. The Balaban J connectivity index is 1.39. The number of carbonyl (C=O) groups excluding carboxylic acids is 1. The number of halogens is 1. The van der Waals surface area contributed by atoms with Crippen LogP contribution in [0.2, 0.25) is 0 Å². The van der Waals surface area contributed by atoms with E-state index in [9.17, 15) is 9.18 Å². The molecule has 1 N–H and O–H groups in total. The summed E-state index contributed by atoms with van der Waals surface area (Å²) >= 11 is 0. The Morgan fingerprint density at radius 1 is 1.22 bits per heavy atom. The number of benzene rings is 1. The number of fused-ring (bicyclic) bond motifs is 1. The molecular weight excluding hydrogens is 407 g/mol. The van der Waals surface area contributed by atoms with Crippen molar-refractivity contribution in [3.8, 4) is 0 Å². The number of imidazole rings is 1. The zero-order valence-corrected chi connectivity index (χ0v) is 17.9. The summed E-state index contributed by atoms with van der Waals surface area (Å²) in [5.41, 5.74) is 3.81. The van der Waals surface area contributed by atoms with Crippen molar-refractivity contribution in [1.29, 1.82) is 0 Å². The third-order valence-corrected chi connectivity index (χ3v) is 5.81. The minimum atomic E-state index is -0.629. The van der Waals surface area contributed by atoms with Crippen LogP contribution in [0.4, 0.5) is 10.1 Å². The third-order valence-electron chi connectivity index (χ3n) is 5.81. The van der Waals surface area contributed by atoms with Crippen molar-refractivity contribution in [1.82, 2.24) is 14.5 Å². The number of aryl methyl sites for hydroxylation is 2. The van der Waals surface area contributed by atoms with Gasteiger partial charge in [-0.15, -0.1) is 0 Å². The molecule has 6 nitrogen and oxygen atoms in total. The summed E-state index contributed by atoms with van der Waals surface area (Å²) in [6, 6.07) is 8.35. The van der Waals surface area contributed by atoms with Crippen molar-refractivity contribution in [2.24, 2.45) is 0 Å². The molecule has 0 saturated carbocycles. The number of hydrogen-bond donors (Lipinski definition) is 1. The molecule has 0 aliphatic carbocycles. The van der Waals surface area contributed by atoms with Crippen LogP contribution in [0.5, 0.6) is 0 Å². The van der Waals surface area contributed by atoms with Gasteiger partial charge in [0.1, 0.15) is 17.2 Å². The van der Waals surface area contributed by atoms with Crippen LogP contribution in [0.15, 0.2) is 67.1 Å². The van der Waals surface area contributed by atoms with Gasteiger partial charge in [0, 0.05) is 47.5 Å². The maximum atomic E-state index is 13.6. The molecule has 0 saturated heterocycles. The zero-order valence-electron chi connectivity index (χ0n) is 17.9. The van der Waals surface area contributed by atoms with Gasteiger partial charge in [-0.05, 0) is 57.0 Å². The monoisotopic (exact) mass is 430 g/mol. The topological polar surface area (TPSA) is 69.0 Å². The molecule has 0 spiro atoms. The molecule has 2 aliphatic rings. The van der Waals surface area contributed by atoms with E-state index < -0.39 is 11.4 Å². The standard InChI is InChI=1S/C25H23FN4O2/c1-25(2)20(16-5-7-18(28-14-16)4-3-10-30-11-9-27-15-30)13-22(32-25)23-19-8-6-17(26)12-21(19)29-24(23)31/h5-9,11-15H,3-4,10H2,1-2H3,(H,29,31)/b23-22+. The van der Waals surface area contributed by atoms with Crippen LogP contribution in [0.25, 0.3) is 11.1 Å². The Morgan fingerprint density at radius 3 is 2.84 bits per heavy atom. The lowest BCUT2D eigenvalue weighted by atomic mass is 9.93. The van der Waals surface area contributed by atoms with Crippen LogP contribution in [-0.2, 0) is 22.5 Å². The highest BCUT2D eigenvalue weighted by Crippen LogP contribution is 2.44. The van der Waals surface area contributed by atoms with E-state index in [4.69, 9.17) is 4.74 Å². The van der Waals surface area contributed by atoms with Crippen molar-refractivity contribution >= 4 is 22.7 Å². The summed E-state index contributed by atoms with van der Waals surface area (Å²) in [5, 5.41) is 2.72. The second-order valence-electron chi connectivity index (χ2n) is 8.50. The third kappa shape index (κ3) is 3.70. The van der Waals surface area contributed by atoms with Gasteiger partial charge < -0.3 is 14.6 Å². The van der Waals surface area contributed by atoms with E-state index in [0.717, 1.165) is 36.2 Å². The number of allylic oxidation sites excluding steroid dienone is 1. The number of carbonyl (C=O) groups is 1. The molecule has 3 aromatic rings. The number of anilines is 1. The maximum Gasteiger partial charge on any atom is 0.260 e. The number of nitrogens with zero attached hydrogens (tertiary/aromatic N) is 3. The number of pyridine rings is 1. The number of nitrogens with one attached hydrogen (secondary N) is 1. The molecule has 162 valence electrons. The Morgan fingerprint density at radius 2 is 2.09 bits per heavy atom. The highest BCUT2D eigenvalue weighted by molar-refractivity contribution is 6.32. The molecule has 4 heterocycles. The lowest BCUT2D eigenvalue weighted by Gasteiger charge is -2.23. The summed E-state index contributed by atoms with van der Waals surface area (Å²) in [6.07, 6.45) is 11.2. The first kappa shape index (κ1) is 20.2. The zero-order chi connectivity index (χ0) is 22.3. The average Bonchev–Trinajstić information content (AvgIpc) is 3.45. The second kappa shape index (κ2) is 7.75. The highest BCUT2D eigenvalue weighted by atomic mass is 19.1. The van der Waals surface area contributed by atoms with Crippen LogP contribution in [0.1, 0.15) is 37.1 Å². The van der Waals surface area contributed by atoms with Gasteiger partial charge in [0.15, 0.2) is 0 Å². The largest absolute Gasteiger partial charge is 0.482 e. The van der Waals surface area contributed by atoms with Crippen LogP contribution < -0.4 is 5.32 Å². The van der Waals surface area contributed by atoms with Crippen molar-refractivity contribution < 1.29 is 13.9 Å². The van der Waals surface area contributed by atoms with E-state index in [1.54, 1.807) is 12.3 Å². The smallest absolute Gasteiger partial charge is 0.260 e. The summed E-state index contributed by atoms with van der Waals surface area (Å²) < 4.78 is 21.8. The Bertz CT molecular complexity index is 1240. The van der Waals surface area contributed by atoms with Gasteiger partial charge in [0.05, 0.1) is 17.6 Å². The van der Waals surface area contributed by atoms with E-state index in [2.05, 4.69) is 19.9 Å². The number of aromatic nitrogens is 3. The van der Waals surface area contributed by atoms with Crippen LogP contribution >= 0.6 is 0 Å². The summed E-state index contributed by atoms with van der Waals surface area (Å²) in [5.74, 6) is -0.201. The SMILES string of the molecule is CC1(C)O/C(=C2/C(=O)Nc3cc(F)ccc32)C=C1c1ccc(CCCn2ccnc2)nc1. The molecule has 0 atom stereocenters. The fraction of sp³-hybridized carbons (Fsp3) is 0.240. The van der Waals surface area contributed by atoms with Crippen molar-refractivity contribution in [2.75, 3.05) is 5.32 Å². The summed E-state index contributed by atoms with van der Waals surface area (Å²) in [4.78, 5) is 21.3. The predicted molar refractivity (Wildman–Crippen MR) is 120 cm³/mol. The molecule has 2 aromatic heterocycles. The quantitative estimate of drug-likeness (QED) is 0.601. The minimum absolute atomic E-state index is 0.291. The lowest BCUT2D eigenvalue weighted by Crippen LogP contribution is -2.21. The fourth-order valence-electron chi connectivity index (χ4n) is 4.20. The van der Waals surface area contributed by atoms with E-state index >= 15 is 0 Å². The second-order valence-corrected chi connectivity index (χ2v) is 8.50.